The first-order valence-corrected chi connectivity index (χ1v) is 6.09. The molecular weight excluding hydrogens is 256 g/mol. The van der Waals surface area contributed by atoms with Gasteiger partial charge in [-0.2, -0.15) is 0 Å². The van der Waals surface area contributed by atoms with Crippen molar-refractivity contribution in [3.8, 4) is 0 Å². The van der Waals surface area contributed by atoms with Gasteiger partial charge in [0.05, 0.1) is 5.39 Å². The summed E-state index contributed by atoms with van der Waals surface area (Å²) < 4.78 is 5.20. The second kappa shape index (κ2) is 4.17. The number of anilines is 1. The van der Waals surface area contributed by atoms with Crippen molar-refractivity contribution in [2.45, 2.75) is 18.9 Å². The van der Waals surface area contributed by atoms with Crippen molar-refractivity contribution in [1.82, 2.24) is 5.16 Å². The molecule has 1 N–H and O–H groups in total. The zero-order valence-electron chi connectivity index (χ0n) is 9.47. The minimum Gasteiger partial charge on any atom is -0.480 e. The maximum atomic E-state index is 11.2. The Morgan fingerprint density at radius 3 is 3.17 bits per heavy atom. The summed E-state index contributed by atoms with van der Waals surface area (Å²) in [6.45, 7) is 0.672. The van der Waals surface area contributed by atoms with Gasteiger partial charge in [-0.1, -0.05) is 16.8 Å². The molecule has 2 aromatic rings. The molecule has 0 saturated carbocycles. The number of aliphatic carboxylic acids is 1. The quantitative estimate of drug-likeness (QED) is 0.905. The molecule has 1 aromatic carbocycles. The molecule has 5 nitrogen and oxygen atoms in total. The monoisotopic (exact) mass is 266 g/mol. The zero-order chi connectivity index (χ0) is 12.7. The molecule has 0 bridgehead atoms. The molecule has 1 aliphatic heterocycles. The first-order chi connectivity index (χ1) is 8.66. The Hall–Kier alpha value is -1.75. The maximum absolute atomic E-state index is 11.2. The largest absolute Gasteiger partial charge is 0.480 e. The highest BCUT2D eigenvalue weighted by Gasteiger charge is 2.33. The van der Waals surface area contributed by atoms with Gasteiger partial charge >= 0.3 is 5.97 Å². The van der Waals surface area contributed by atoms with E-state index in [1.165, 1.54) is 0 Å². The lowest BCUT2D eigenvalue weighted by atomic mass is 10.2. The average molecular weight is 267 g/mol. The highest BCUT2D eigenvalue weighted by atomic mass is 35.5. The number of benzene rings is 1. The minimum atomic E-state index is -0.828. The van der Waals surface area contributed by atoms with E-state index in [-0.39, 0.29) is 0 Å². The molecule has 0 spiro atoms. The molecule has 0 unspecified atom stereocenters. The summed E-state index contributed by atoms with van der Waals surface area (Å²) >= 11 is 5.95. The molecule has 0 radical (unpaired) electrons. The van der Waals surface area contributed by atoms with E-state index in [1.54, 1.807) is 23.1 Å². The summed E-state index contributed by atoms with van der Waals surface area (Å²) in [5.74, 6) is -0.261. The molecule has 1 saturated heterocycles. The predicted molar refractivity (Wildman–Crippen MR) is 67.0 cm³/mol. The van der Waals surface area contributed by atoms with E-state index in [0.29, 0.717) is 29.4 Å². The molecule has 3 rings (SSSR count). The van der Waals surface area contributed by atoms with Crippen LogP contribution in [0, 0.1) is 0 Å². The van der Waals surface area contributed by atoms with Crippen molar-refractivity contribution in [3.63, 3.8) is 0 Å². The fourth-order valence-corrected chi connectivity index (χ4v) is 2.55. The van der Waals surface area contributed by atoms with Gasteiger partial charge in [0.2, 0.25) is 0 Å². The summed E-state index contributed by atoms with van der Waals surface area (Å²) in [5.41, 5.74) is 0.616. The molecule has 6 heteroatoms. The zero-order valence-corrected chi connectivity index (χ0v) is 10.2. The number of carboxylic acid groups (broad SMARTS) is 1. The number of carboxylic acids is 1. The van der Waals surface area contributed by atoms with Crippen LogP contribution in [-0.4, -0.2) is 28.8 Å². The van der Waals surface area contributed by atoms with Crippen molar-refractivity contribution in [2.75, 3.05) is 11.4 Å². The first kappa shape index (κ1) is 11.3. The number of hydrogen-bond acceptors (Lipinski definition) is 4. The van der Waals surface area contributed by atoms with Gasteiger partial charge in [0, 0.05) is 11.6 Å². The van der Waals surface area contributed by atoms with Gasteiger partial charge in [-0.15, -0.1) is 0 Å². The van der Waals surface area contributed by atoms with Gasteiger partial charge in [0.25, 0.3) is 0 Å². The lowest BCUT2D eigenvalue weighted by Gasteiger charge is -2.20. The summed E-state index contributed by atoms with van der Waals surface area (Å²) in [5, 5.41) is 14.5. The van der Waals surface area contributed by atoms with E-state index >= 15 is 0 Å². The summed E-state index contributed by atoms with van der Waals surface area (Å²) in [7, 11) is 0. The number of hydrogen-bond donors (Lipinski definition) is 1. The molecule has 18 heavy (non-hydrogen) atoms. The topological polar surface area (TPSA) is 66.6 Å². The van der Waals surface area contributed by atoms with Gasteiger partial charge in [-0.3, -0.25) is 0 Å². The first-order valence-electron chi connectivity index (χ1n) is 5.71. The Kier molecular flexibility index (Phi) is 2.63. The van der Waals surface area contributed by atoms with E-state index < -0.39 is 12.0 Å². The van der Waals surface area contributed by atoms with Crippen LogP contribution in [0.15, 0.2) is 22.7 Å². The van der Waals surface area contributed by atoms with Crippen LogP contribution in [0.2, 0.25) is 5.02 Å². The molecule has 94 valence electrons. The molecule has 0 aliphatic carbocycles. The summed E-state index contributed by atoms with van der Waals surface area (Å²) in [4.78, 5) is 13.0. The third-order valence-corrected chi connectivity index (χ3v) is 3.46. The van der Waals surface area contributed by atoms with Crippen LogP contribution >= 0.6 is 11.6 Å². The third-order valence-electron chi connectivity index (χ3n) is 3.22. The van der Waals surface area contributed by atoms with Crippen LogP contribution in [0.1, 0.15) is 12.8 Å². The van der Waals surface area contributed by atoms with Crippen LogP contribution in [0.3, 0.4) is 0 Å². The average Bonchev–Trinajstić information content (AvgIpc) is 2.92. The number of halogens is 1. The predicted octanol–water partition coefficient (Wildman–Crippen LogP) is 2.53. The Morgan fingerprint density at radius 1 is 1.56 bits per heavy atom. The molecule has 1 aliphatic rings. The number of carbonyl (C=O) groups is 1. The Labute approximate surface area is 108 Å². The van der Waals surface area contributed by atoms with Gasteiger partial charge in [0.15, 0.2) is 11.4 Å². The standard InChI is InChI=1S/C12H11ClN2O3/c13-7-3-4-10-8(6-7)11(14-18-10)15-5-1-2-9(15)12(16)17/h3-4,6,9H,1-2,5H2,(H,16,17)/t9-/m0/s1. The van der Waals surface area contributed by atoms with Crippen molar-refractivity contribution < 1.29 is 14.4 Å². The maximum Gasteiger partial charge on any atom is 0.326 e. The molecule has 2 heterocycles. The second-order valence-corrected chi connectivity index (χ2v) is 4.77. The van der Waals surface area contributed by atoms with E-state index in [1.807, 2.05) is 0 Å². The molecule has 0 amide bonds. The highest BCUT2D eigenvalue weighted by molar-refractivity contribution is 6.31. The van der Waals surface area contributed by atoms with Crippen molar-refractivity contribution >= 4 is 34.4 Å². The number of nitrogens with zero attached hydrogens (tertiary/aromatic N) is 2. The van der Waals surface area contributed by atoms with Crippen LogP contribution in [-0.2, 0) is 4.79 Å². The van der Waals surface area contributed by atoms with E-state index in [2.05, 4.69) is 5.16 Å². The molecular formula is C12H11ClN2O3. The SMILES string of the molecule is O=C(O)[C@@H]1CCCN1c1noc2ccc(Cl)cc12. The molecule has 1 aromatic heterocycles. The lowest BCUT2D eigenvalue weighted by Crippen LogP contribution is -2.36. The molecule has 1 atom stereocenters. The normalized spacial score (nSPS) is 19.6. The van der Waals surface area contributed by atoms with Crippen molar-refractivity contribution in [1.29, 1.82) is 0 Å². The number of rotatable bonds is 2. The summed E-state index contributed by atoms with van der Waals surface area (Å²) in [6.07, 6.45) is 1.47. The fraction of sp³-hybridized carbons (Fsp3) is 0.333. The summed E-state index contributed by atoms with van der Waals surface area (Å²) in [6, 6.07) is 4.68. The van der Waals surface area contributed by atoms with Crippen LogP contribution in [0.25, 0.3) is 11.0 Å². The highest BCUT2D eigenvalue weighted by Crippen LogP contribution is 2.33. The lowest BCUT2D eigenvalue weighted by molar-refractivity contribution is -0.138. The second-order valence-electron chi connectivity index (χ2n) is 4.34. The van der Waals surface area contributed by atoms with Crippen LogP contribution in [0.5, 0.6) is 0 Å². The van der Waals surface area contributed by atoms with Gasteiger partial charge in [-0.05, 0) is 31.0 Å². The fourth-order valence-electron chi connectivity index (χ4n) is 2.38. The smallest absolute Gasteiger partial charge is 0.326 e. The van der Waals surface area contributed by atoms with Gasteiger partial charge in [-0.25, -0.2) is 4.79 Å². The molecule has 1 fully saturated rings. The van der Waals surface area contributed by atoms with Gasteiger partial charge < -0.3 is 14.5 Å². The Balaban J connectivity index is 2.08. The van der Waals surface area contributed by atoms with Crippen LogP contribution < -0.4 is 4.90 Å². The Morgan fingerprint density at radius 2 is 2.39 bits per heavy atom. The number of aromatic nitrogens is 1. The minimum absolute atomic E-state index is 0.530. The van der Waals surface area contributed by atoms with Crippen molar-refractivity contribution in [2.24, 2.45) is 0 Å². The van der Waals surface area contributed by atoms with Crippen LogP contribution in [0.4, 0.5) is 5.82 Å². The van der Waals surface area contributed by atoms with Crippen molar-refractivity contribution in [3.05, 3.63) is 23.2 Å². The van der Waals surface area contributed by atoms with E-state index in [9.17, 15) is 9.90 Å². The number of fused-ring (bicyclic) bond motifs is 1. The third kappa shape index (κ3) is 1.71. The van der Waals surface area contributed by atoms with E-state index in [4.69, 9.17) is 16.1 Å². The van der Waals surface area contributed by atoms with Gasteiger partial charge in [0.1, 0.15) is 6.04 Å². The Bertz CT molecular complexity index is 610. The van der Waals surface area contributed by atoms with E-state index in [0.717, 1.165) is 11.8 Å².